The number of carboxylic acid groups (broad SMARTS) is 2. The van der Waals surface area contributed by atoms with Crippen molar-refractivity contribution < 1.29 is 37.7 Å². The van der Waals surface area contributed by atoms with Crippen LogP contribution in [0.25, 0.3) is 5.69 Å². The number of benzene rings is 2. The van der Waals surface area contributed by atoms with E-state index >= 15 is 0 Å². The second-order valence-corrected chi connectivity index (χ2v) is 10.0. The first-order valence-corrected chi connectivity index (χ1v) is 12.5. The number of hydrogen-bond donors (Lipinski definition) is 2. The summed E-state index contributed by atoms with van der Waals surface area (Å²) < 4.78 is 50.2. The molecule has 1 aliphatic rings. The van der Waals surface area contributed by atoms with Crippen molar-refractivity contribution in [3.05, 3.63) is 98.9 Å². The van der Waals surface area contributed by atoms with Crippen molar-refractivity contribution >= 4 is 11.9 Å². The minimum absolute atomic E-state index is 0.176. The highest BCUT2D eigenvalue weighted by Gasteiger charge is 2.46. The summed E-state index contributed by atoms with van der Waals surface area (Å²) in [7, 11) is 0. The van der Waals surface area contributed by atoms with Gasteiger partial charge in [-0.1, -0.05) is 24.3 Å². The SMILES string of the molecule is CC1=C(C(=O)O)CC(C(=O)O)(c2cccc(C(F)(F)F)c2COc2ccc(-n3nc(C)c(C)c3C)cc2C)C=C1. The van der Waals surface area contributed by atoms with E-state index in [-0.39, 0.29) is 16.7 Å². The van der Waals surface area contributed by atoms with Crippen LogP contribution in [0.4, 0.5) is 13.2 Å². The van der Waals surface area contributed by atoms with Crippen LogP contribution in [0.3, 0.4) is 0 Å². The molecule has 0 saturated heterocycles. The molecule has 3 aromatic rings. The van der Waals surface area contributed by atoms with Gasteiger partial charge in [0.1, 0.15) is 17.8 Å². The number of alkyl halides is 3. The van der Waals surface area contributed by atoms with Crippen molar-refractivity contribution in [3.63, 3.8) is 0 Å². The van der Waals surface area contributed by atoms with Crippen LogP contribution in [0.2, 0.25) is 0 Å². The Hall–Kier alpha value is -4.34. The summed E-state index contributed by atoms with van der Waals surface area (Å²) in [6.45, 7) is 8.50. The topological polar surface area (TPSA) is 102 Å². The van der Waals surface area contributed by atoms with E-state index in [0.29, 0.717) is 16.9 Å². The van der Waals surface area contributed by atoms with Gasteiger partial charge in [0.25, 0.3) is 0 Å². The normalized spacial score (nSPS) is 17.3. The number of aromatic nitrogens is 2. The largest absolute Gasteiger partial charge is 0.489 e. The van der Waals surface area contributed by atoms with Gasteiger partial charge in [0.15, 0.2) is 0 Å². The number of hydrogen-bond acceptors (Lipinski definition) is 4. The van der Waals surface area contributed by atoms with Gasteiger partial charge in [-0.05, 0) is 81.1 Å². The summed E-state index contributed by atoms with van der Waals surface area (Å²) >= 11 is 0. The van der Waals surface area contributed by atoms with Crippen LogP contribution in [-0.4, -0.2) is 31.9 Å². The van der Waals surface area contributed by atoms with Gasteiger partial charge >= 0.3 is 18.1 Å². The smallest absolute Gasteiger partial charge is 0.416 e. The number of carbonyl (C=O) groups is 2. The van der Waals surface area contributed by atoms with E-state index in [1.54, 1.807) is 29.8 Å². The molecule has 4 rings (SSSR count). The molecule has 2 N–H and O–H groups in total. The van der Waals surface area contributed by atoms with E-state index in [1.807, 2.05) is 20.8 Å². The van der Waals surface area contributed by atoms with Gasteiger partial charge in [-0.15, -0.1) is 0 Å². The summed E-state index contributed by atoms with van der Waals surface area (Å²) in [6.07, 6.45) is -2.73. The first-order chi connectivity index (χ1) is 18.7. The molecule has 0 fully saturated rings. The van der Waals surface area contributed by atoms with Gasteiger partial charge in [-0.3, -0.25) is 4.79 Å². The number of ether oxygens (including phenoxy) is 1. The average molecular weight is 555 g/mol. The minimum Gasteiger partial charge on any atom is -0.489 e. The number of halogens is 3. The van der Waals surface area contributed by atoms with Crippen molar-refractivity contribution in [2.45, 2.75) is 59.2 Å². The van der Waals surface area contributed by atoms with Crippen molar-refractivity contribution in [1.82, 2.24) is 9.78 Å². The molecule has 1 atom stereocenters. The van der Waals surface area contributed by atoms with E-state index < -0.39 is 42.1 Å². The zero-order valence-electron chi connectivity index (χ0n) is 22.7. The van der Waals surface area contributed by atoms with Gasteiger partial charge in [0, 0.05) is 23.3 Å². The number of allylic oxidation sites excluding steroid dienone is 2. The fraction of sp³-hybridized carbons (Fsp3) is 0.300. The van der Waals surface area contributed by atoms with Gasteiger partial charge in [-0.2, -0.15) is 18.3 Å². The zero-order valence-corrected chi connectivity index (χ0v) is 22.7. The maximum atomic E-state index is 14.2. The predicted molar refractivity (Wildman–Crippen MR) is 142 cm³/mol. The molecule has 1 heterocycles. The molecule has 0 spiro atoms. The lowest BCUT2D eigenvalue weighted by Crippen LogP contribution is -2.38. The maximum Gasteiger partial charge on any atom is 0.416 e. The fourth-order valence-electron chi connectivity index (χ4n) is 5.01. The lowest BCUT2D eigenvalue weighted by Gasteiger charge is -2.33. The average Bonchev–Trinajstić information content (AvgIpc) is 3.14. The first-order valence-electron chi connectivity index (χ1n) is 12.5. The van der Waals surface area contributed by atoms with E-state index in [1.165, 1.54) is 25.1 Å². The molecule has 0 bridgehead atoms. The Morgan fingerprint density at radius 3 is 2.33 bits per heavy atom. The molecular weight excluding hydrogens is 525 g/mol. The fourth-order valence-corrected chi connectivity index (χ4v) is 5.01. The Labute approximate surface area is 229 Å². The van der Waals surface area contributed by atoms with Crippen LogP contribution in [0.1, 0.15) is 52.5 Å². The molecule has 0 amide bonds. The molecular formula is C30H29F3N2O5. The molecule has 0 aliphatic heterocycles. The number of aryl methyl sites for hydroxylation is 2. The molecule has 10 heteroatoms. The Balaban J connectivity index is 1.77. The highest BCUT2D eigenvalue weighted by atomic mass is 19.4. The molecule has 1 aromatic heterocycles. The van der Waals surface area contributed by atoms with Crippen molar-refractivity contribution in [2.75, 3.05) is 0 Å². The summed E-state index contributed by atoms with van der Waals surface area (Å²) in [4.78, 5) is 24.5. The van der Waals surface area contributed by atoms with Crippen LogP contribution in [0.15, 0.2) is 59.7 Å². The van der Waals surface area contributed by atoms with E-state index in [9.17, 15) is 33.0 Å². The molecule has 1 unspecified atom stereocenters. The lowest BCUT2D eigenvalue weighted by molar-refractivity contribution is -0.143. The summed E-state index contributed by atoms with van der Waals surface area (Å²) in [5, 5.41) is 24.4. The molecule has 2 aromatic carbocycles. The molecule has 0 radical (unpaired) electrons. The van der Waals surface area contributed by atoms with Gasteiger partial charge < -0.3 is 14.9 Å². The Kier molecular flexibility index (Phi) is 7.40. The monoisotopic (exact) mass is 554 g/mol. The van der Waals surface area contributed by atoms with Gasteiger partial charge in [0.05, 0.1) is 16.9 Å². The van der Waals surface area contributed by atoms with E-state index in [2.05, 4.69) is 5.10 Å². The molecule has 1 aliphatic carbocycles. The first kappa shape index (κ1) is 28.7. The zero-order chi connectivity index (χ0) is 29.6. The van der Waals surface area contributed by atoms with Gasteiger partial charge in [-0.25, -0.2) is 9.48 Å². The van der Waals surface area contributed by atoms with Crippen LogP contribution in [0.5, 0.6) is 5.75 Å². The van der Waals surface area contributed by atoms with E-state index in [0.717, 1.165) is 34.8 Å². The van der Waals surface area contributed by atoms with Crippen molar-refractivity contribution in [1.29, 1.82) is 0 Å². The lowest BCUT2D eigenvalue weighted by atomic mass is 9.69. The number of carboxylic acids is 2. The Morgan fingerprint density at radius 2 is 1.77 bits per heavy atom. The van der Waals surface area contributed by atoms with Crippen LogP contribution < -0.4 is 4.74 Å². The van der Waals surface area contributed by atoms with Crippen LogP contribution in [-0.2, 0) is 27.8 Å². The predicted octanol–water partition coefficient (Wildman–Crippen LogP) is 6.39. The second-order valence-electron chi connectivity index (χ2n) is 10.0. The number of rotatable bonds is 7. The highest BCUT2D eigenvalue weighted by Crippen LogP contribution is 2.43. The standard InChI is InChI=1S/C30H29F3N2O5/c1-16-11-12-29(28(38)39,14-22(16)27(36)37)24-7-6-8-25(30(31,32)33)23(24)15-40-26-10-9-21(13-17(26)2)35-20(5)18(3)19(4)34-35/h6-13H,14-15H2,1-5H3,(H,36,37)(H,38,39). The third kappa shape index (κ3) is 5.01. The molecule has 0 saturated carbocycles. The molecule has 7 nitrogen and oxygen atoms in total. The number of nitrogens with zero attached hydrogens (tertiary/aromatic N) is 2. The third-order valence-corrected chi connectivity index (χ3v) is 7.58. The van der Waals surface area contributed by atoms with E-state index in [4.69, 9.17) is 4.74 Å². The number of aliphatic carboxylic acids is 2. The third-order valence-electron chi connectivity index (χ3n) is 7.58. The van der Waals surface area contributed by atoms with Gasteiger partial charge in [0.2, 0.25) is 0 Å². The van der Waals surface area contributed by atoms with Crippen LogP contribution in [0, 0.1) is 27.7 Å². The second kappa shape index (κ2) is 10.3. The molecule has 40 heavy (non-hydrogen) atoms. The quantitative estimate of drug-likeness (QED) is 0.351. The van der Waals surface area contributed by atoms with Crippen LogP contribution >= 0.6 is 0 Å². The highest BCUT2D eigenvalue weighted by molar-refractivity contribution is 5.94. The van der Waals surface area contributed by atoms with Crippen molar-refractivity contribution in [3.8, 4) is 11.4 Å². The Morgan fingerprint density at radius 1 is 1.07 bits per heavy atom. The Bertz CT molecular complexity index is 1580. The van der Waals surface area contributed by atoms with Crippen molar-refractivity contribution in [2.24, 2.45) is 0 Å². The summed E-state index contributed by atoms with van der Waals surface area (Å²) in [6, 6.07) is 8.46. The minimum atomic E-state index is -4.81. The summed E-state index contributed by atoms with van der Waals surface area (Å²) in [5.74, 6) is -2.47. The summed E-state index contributed by atoms with van der Waals surface area (Å²) in [5.41, 5.74) is 0.826. The molecule has 210 valence electrons. The maximum absolute atomic E-state index is 14.2.